The summed E-state index contributed by atoms with van der Waals surface area (Å²) in [4.78, 5) is 16.8. The molecular weight excluding hydrogens is 402 g/mol. The summed E-state index contributed by atoms with van der Waals surface area (Å²) < 4.78 is 11.6. The Morgan fingerprint density at radius 1 is 0.844 bits per heavy atom. The molecule has 0 atom stereocenters. The quantitative estimate of drug-likeness (QED) is 0.571. The van der Waals surface area contributed by atoms with Crippen LogP contribution in [-0.2, 0) is 6.61 Å². The van der Waals surface area contributed by atoms with Gasteiger partial charge in [0.15, 0.2) is 0 Å². The van der Waals surface area contributed by atoms with E-state index in [2.05, 4.69) is 16.3 Å². The molecule has 2 amide bonds. The minimum atomic E-state index is -0.0827. The highest BCUT2D eigenvalue weighted by Gasteiger charge is 2.23. The first-order valence-electron chi connectivity index (χ1n) is 11.0. The Morgan fingerprint density at radius 3 is 2.25 bits per heavy atom. The number of carbonyl (C=O) groups is 1. The summed E-state index contributed by atoms with van der Waals surface area (Å²) in [5.41, 5.74) is 2.96. The van der Waals surface area contributed by atoms with Crippen molar-refractivity contribution in [3.8, 4) is 11.5 Å². The number of anilines is 2. The van der Waals surface area contributed by atoms with Crippen molar-refractivity contribution in [3.63, 3.8) is 0 Å². The zero-order valence-corrected chi connectivity index (χ0v) is 18.4. The summed E-state index contributed by atoms with van der Waals surface area (Å²) in [5.74, 6) is 1.66. The lowest BCUT2D eigenvalue weighted by atomic mass is 10.2. The van der Waals surface area contributed by atoms with E-state index in [1.807, 2.05) is 84.6 Å². The second-order valence-corrected chi connectivity index (χ2v) is 7.60. The van der Waals surface area contributed by atoms with Gasteiger partial charge < -0.3 is 24.6 Å². The lowest BCUT2D eigenvalue weighted by Crippen LogP contribution is -2.50. The van der Waals surface area contributed by atoms with E-state index in [1.54, 1.807) is 0 Å². The normalized spacial score (nSPS) is 13.5. The molecule has 1 aliphatic heterocycles. The van der Waals surface area contributed by atoms with Crippen molar-refractivity contribution in [1.29, 1.82) is 0 Å². The van der Waals surface area contributed by atoms with E-state index in [1.165, 1.54) is 0 Å². The molecule has 3 aromatic carbocycles. The molecule has 0 aliphatic carbocycles. The number of hydrogen-bond acceptors (Lipinski definition) is 4. The molecule has 0 saturated carbocycles. The van der Waals surface area contributed by atoms with Gasteiger partial charge in [-0.15, -0.1) is 0 Å². The predicted molar refractivity (Wildman–Crippen MR) is 128 cm³/mol. The number of carbonyl (C=O) groups excluding carboxylic acids is 1. The molecule has 6 heteroatoms. The smallest absolute Gasteiger partial charge is 0.321 e. The van der Waals surface area contributed by atoms with Gasteiger partial charge in [0, 0.05) is 31.9 Å². The number of nitrogens with one attached hydrogen (secondary N) is 1. The summed E-state index contributed by atoms with van der Waals surface area (Å²) >= 11 is 0. The van der Waals surface area contributed by atoms with E-state index in [0.29, 0.717) is 26.3 Å². The van der Waals surface area contributed by atoms with Gasteiger partial charge in [-0.1, -0.05) is 42.5 Å². The Morgan fingerprint density at radius 2 is 1.53 bits per heavy atom. The van der Waals surface area contributed by atoms with Gasteiger partial charge in [-0.3, -0.25) is 0 Å². The Kier molecular flexibility index (Phi) is 7.12. The first kappa shape index (κ1) is 21.6. The highest BCUT2D eigenvalue weighted by atomic mass is 16.5. The molecule has 0 spiro atoms. The maximum Gasteiger partial charge on any atom is 0.321 e. The van der Waals surface area contributed by atoms with Crippen molar-refractivity contribution in [2.24, 2.45) is 0 Å². The van der Waals surface area contributed by atoms with E-state index in [-0.39, 0.29) is 6.03 Å². The number of piperazine rings is 1. The molecule has 1 saturated heterocycles. The van der Waals surface area contributed by atoms with Gasteiger partial charge in [-0.25, -0.2) is 4.79 Å². The number of hydrogen-bond donors (Lipinski definition) is 1. The fraction of sp³-hybridized carbons (Fsp3) is 0.269. The Bertz CT molecular complexity index is 1000. The maximum absolute atomic E-state index is 12.7. The molecule has 1 fully saturated rings. The average molecular weight is 432 g/mol. The molecule has 0 bridgehead atoms. The topological polar surface area (TPSA) is 54.0 Å². The highest BCUT2D eigenvalue weighted by Crippen LogP contribution is 2.29. The van der Waals surface area contributed by atoms with Gasteiger partial charge in [0.25, 0.3) is 0 Å². The number of ether oxygens (including phenoxy) is 2. The van der Waals surface area contributed by atoms with Gasteiger partial charge >= 0.3 is 6.03 Å². The zero-order valence-electron chi connectivity index (χ0n) is 18.4. The zero-order chi connectivity index (χ0) is 22.2. The van der Waals surface area contributed by atoms with E-state index >= 15 is 0 Å². The highest BCUT2D eigenvalue weighted by molar-refractivity contribution is 5.89. The van der Waals surface area contributed by atoms with Crippen LogP contribution in [0.1, 0.15) is 12.5 Å². The molecule has 166 valence electrons. The molecule has 0 unspecified atom stereocenters. The fourth-order valence-electron chi connectivity index (χ4n) is 3.72. The van der Waals surface area contributed by atoms with Crippen LogP contribution in [-0.4, -0.2) is 43.7 Å². The van der Waals surface area contributed by atoms with Crippen molar-refractivity contribution >= 4 is 17.4 Å². The second-order valence-electron chi connectivity index (χ2n) is 7.60. The second kappa shape index (κ2) is 10.6. The molecule has 4 rings (SSSR count). The third kappa shape index (κ3) is 5.52. The number of urea groups is 1. The van der Waals surface area contributed by atoms with E-state index in [4.69, 9.17) is 9.47 Å². The van der Waals surface area contributed by atoms with Crippen LogP contribution in [0.5, 0.6) is 11.5 Å². The van der Waals surface area contributed by atoms with Crippen LogP contribution < -0.4 is 19.7 Å². The van der Waals surface area contributed by atoms with Crippen molar-refractivity contribution < 1.29 is 14.3 Å². The molecule has 3 aromatic rings. The SMILES string of the molecule is CCOc1ccccc1N1CCN(C(=O)Nc2ccc(OCc3ccccc3)cc2)CC1. The van der Waals surface area contributed by atoms with Crippen LogP contribution >= 0.6 is 0 Å². The third-order valence-electron chi connectivity index (χ3n) is 5.43. The number of para-hydroxylation sites is 2. The molecule has 1 aliphatic rings. The summed E-state index contributed by atoms with van der Waals surface area (Å²) in [6.45, 7) is 5.99. The van der Waals surface area contributed by atoms with Crippen molar-refractivity contribution in [2.75, 3.05) is 43.0 Å². The summed E-state index contributed by atoms with van der Waals surface area (Å²) in [6, 6.07) is 25.5. The molecule has 1 N–H and O–H groups in total. The van der Waals surface area contributed by atoms with E-state index in [0.717, 1.165) is 41.5 Å². The van der Waals surface area contributed by atoms with Crippen molar-refractivity contribution in [1.82, 2.24) is 4.90 Å². The van der Waals surface area contributed by atoms with Gasteiger partial charge in [-0.2, -0.15) is 0 Å². The number of rotatable bonds is 7. The lowest BCUT2D eigenvalue weighted by Gasteiger charge is -2.36. The summed E-state index contributed by atoms with van der Waals surface area (Å²) in [6.07, 6.45) is 0. The van der Waals surface area contributed by atoms with E-state index < -0.39 is 0 Å². The lowest BCUT2D eigenvalue weighted by molar-refractivity contribution is 0.208. The number of amides is 2. The molecule has 1 heterocycles. The van der Waals surface area contributed by atoms with E-state index in [9.17, 15) is 4.79 Å². The molecule has 0 aromatic heterocycles. The first-order valence-corrected chi connectivity index (χ1v) is 11.0. The first-order chi connectivity index (χ1) is 15.7. The van der Waals surface area contributed by atoms with Gasteiger partial charge in [0.1, 0.15) is 18.1 Å². The molecule has 32 heavy (non-hydrogen) atoms. The van der Waals surface area contributed by atoms with Crippen molar-refractivity contribution in [3.05, 3.63) is 84.4 Å². The van der Waals surface area contributed by atoms with Crippen LogP contribution in [0.2, 0.25) is 0 Å². The average Bonchev–Trinajstić information content (AvgIpc) is 2.85. The Balaban J connectivity index is 1.27. The molecular formula is C26H29N3O3. The summed E-state index contributed by atoms with van der Waals surface area (Å²) in [7, 11) is 0. The Labute approximate surface area is 189 Å². The maximum atomic E-state index is 12.7. The van der Waals surface area contributed by atoms with Crippen LogP contribution in [0.25, 0.3) is 0 Å². The number of nitrogens with zero attached hydrogens (tertiary/aromatic N) is 2. The molecule has 6 nitrogen and oxygen atoms in total. The fourth-order valence-corrected chi connectivity index (χ4v) is 3.72. The van der Waals surface area contributed by atoms with Crippen LogP contribution in [0.15, 0.2) is 78.9 Å². The van der Waals surface area contributed by atoms with Crippen LogP contribution in [0, 0.1) is 0 Å². The summed E-state index contributed by atoms with van der Waals surface area (Å²) in [5, 5.41) is 2.99. The monoisotopic (exact) mass is 431 g/mol. The predicted octanol–water partition coefficient (Wildman–Crippen LogP) is 5.02. The largest absolute Gasteiger partial charge is 0.492 e. The number of benzene rings is 3. The van der Waals surface area contributed by atoms with Crippen LogP contribution in [0.3, 0.4) is 0 Å². The third-order valence-corrected chi connectivity index (χ3v) is 5.43. The standard InChI is InChI=1S/C26H29N3O3/c1-2-31-25-11-7-6-10-24(25)28-16-18-29(19-17-28)26(30)27-22-12-14-23(15-13-22)32-20-21-8-4-3-5-9-21/h3-15H,2,16-20H2,1H3,(H,27,30). The van der Waals surface area contributed by atoms with Crippen molar-refractivity contribution in [2.45, 2.75) is 13.5 Å². The van der Waals surface area contributed by atoms with Gasteiger partial charge in [0.2, 0.25) is 0 Å². The minimum Gasteiger partial charge on any atom is -0.492 e. The Hall–Kier alpha value is -3.67. The van der Waals surface area contributed by atoms with Crippen LogP contribution in [0.4, 0.5) is 16.2 Å². The molecule has 0 radical (unpaired) electrons. The minimum absolute atomic E-state index is 0.0827. The van der Waals surface area contributed by atoms with Gasteiger partial charge in [0.05, 0.1) is 12.3 Å². The van der Waals surface area contributed by atoms with Gasteiger partial charge in [-0.05, 0) is 48.9 Å².